The molecule has 0 aliphatic heterocycles. The molecule has 0 unspecified atom stereocenters. The number of ether oxygens (including phenoxy) is 1. The summed E-state index contributed by atoms with van der Waals surface area (Å²) in [6, 6.07) is 16.4. The fourth-order valence-electron chi connectivity index (χ4n) is 3.54. The highest BCUT2D eigenvalue weighted by Crippen LogP contribution is 2.26. The van der Waals surface area contributed by atoms with Crippen molar-refractivity contribution in [3.05, 3.63) is 59.7 Å². The second-order valence-electron chi connectivity index (χ2n) is 7.20. The first-order valence-corrected chi connectivity index (χ1v) is 9.99. The Morgan fingerprint density at radius 2 is 1.85 bits per heavy atom. The summed E-state index contributed by atoms with van der Waals surface area (Å²) in [4.78, 5) is 14.7. The van der Waals surface area contributed by atoms with E-state index in [1.54, 1.807) is 0 Å². The average molecular weight is 367 g/mol. The van der Waals surface area contributed by atoms with Crippen molar-refractivity contribution in [3.63, 3.8) is 0 Å². The monoisotopic (exact) mass is 366 g/mol. The van der Waals surface area contributed by atoms with Gasteiger partial charge in [-0.15, -0.1) is 0 Å². The Balaban J connectivity index is 1.50. The molecule has 1 amide bonds. The van der Waals surface area contributed by atoms with Crippen molar-refractivity contribution in [2.45, 2.75) is 45.1 Å². The van der Waals surface area contributed by atoms with Crippen molar-refractivity contribution in [1.82, 2.24) is 5.32 Å². The van der Waals surface area contributed by atoms with E-state index in [2.05, 4.69) is 34.5 Å². The molecule has 0 bridgehead atoms. The van der Waals surface area contributed by atoms with Crippen LogP contribution in [0.5, 0.6) is 5.75 Å². The molecule has 1 aliphatic carbocycles. The maximum Gasteiger partial charge on any atom is 0.261 e. The van der Waals surface area contributed by atoms with Gasteiger partial charge >= 0.3 is 0 Å². The van der Waals surface area contributed by atoms with Gasteiger partial charge in [-0.2, -0.15) is 0 Å². The van der Waals surface area contributed by atoms with Crippen molar-refractivity contribution in [1.29, 1.82) is 0 Å². The van der Waals surface area contributed by atoms with E-state index in [0.29, 0.717) is 13.0 Å². The Labute approximate surface area is 162 Å². The van der Waals surface area contributed by atoms with Crippen LogP contribution in [0.2, 0.25) is 0 Å². The molecular weight excluding hydrogens is 336 g/mol. The number of aryl methyl sites for hydroxylation is 2. The molecule has 1 N–H and O–H groups in total. The standard InChI is InChI=1S/C23H30N2O2/c1-3-22(27-21-14-13-18-9-7-8-10-19(18)17-21)23(26)24-15-16-25(2)20-11-5-4-6-12-20/h4-6,11-14,17,22H,3,7-10,15-16H2,1-2H3,(H,24,26)/t22-/m1/s1. The van der Waals surface area contributed by atoms with E-state index in [0.717, 1.165) is 30.8 Å². The van der Waals surface area contributed by atoms with Crippen LogP contribution in [0.4, 0.5) is 5.69 Å². The zero-order chi connectivity index (χ0) is 19.1. The predicted octanol–water partition coefficient (Wildman–Crippen LogP) is 3.98. The predicted molar refractivity (Wildman–Crippen MR) is 111 cm³/mol. The lowest BCUT2D eigenvalue weighted by atomic mass is 9.92. The van der Waals surface area contributed by atoms with Crippen LogP contribution in [0.3, 0.4) is 0 Å². The molecular formula is C23H30N2O2. The third-order valence-corrected chi connectivity index (χ3v) is 5.20. The van der Waals surface area contributed by atoms with Gasteiger partial charge < -0.3 is 15.0 Å². The Morgan fingerprint density at radius 1 is 1.11 bits per heavy atom. The van der Waals surface area contributed by atoms with Gasteiger partial charge in [0, 0.05) is 25.8 Å². The fourth-order valence-corrected chi connectivity index (χ4v) is 3.54. The van der Waals surface area contributed by atoms with Crippen molar-refractivity contribution in [2.75, 3.05) is 25.0 Å². The molecule has 4 heteroatoms. The Bertz CT molecular complexity index is 745. The first kappa shape index (κ1) is 19.3. The highest BCUT2D eigenvalue weighted by Gasteiger charge is 2.19. The zero-order valence-corrected chi connectivity index (χ0v) is 16.4. The Hall–Kier alpha value is -2.49. The van der Waals surface area contributed by atoms with Crippen LogP contribution in [0.1, 0.15) is 37.3 Å². The lowest BCUT2D eigenvalue weighted by Crippen LogP contribution is -2.41. The van der Waals surface area contributed by atoms with Crippen molar-refractivity contribution in [3.8, 4) is 5.75 Å². The lowest BCUT2D eigenvalue weighted by molar-refractivity contribution is -0.128. The summed E-state index contributed by atoms with van der Waals surface area (Å²) in [7, 11) is 2.03. The highest BCUT2D eigenvalue weighted by molar-refractivity contribution is 5.81. The Kier molecular flexibility index (Phi) is 6.74. The number of rotatable bonds is 8. The number of hydrogen-bond donors (Lipinski definition) is 1. The summed E-state index contributed by atoms with van der Waals surface area (Å²) in [5, 5.41) is 3.01. The van der Waals surface area contributed by atoms with Crippen LogP contribution in [0, 0.1) is 0 Å². The minimum Gasteiger partial charge on any atom is -0.481 e. The second-order valence-corrected chi connectivity index (χ2v) is 7.20. The smallest absolute Gasteiger partial charge is 0.261 e. The van der Waals surface area contributed by atoms with Gasteiger partial charge in [0.15, 0.2) is 6.10 Å². The number of para-hydroxylation sites is 1. The first-order valence-electron chi connectivity index (χ1n) is 9.99. The van der Waals surface area contributed by atoms with Gasteiger partial charge in [0.2, 0.25) is 0 Å². The number of hydrogen-bond acceptors (Lipinski definition) is 3. The molecule has 1 aliphatic rings. The summed E-state index contributed by atoms with van der Waals surface area (Å²) in [6.07, 6.45) is 4.98. The van der Waals surface area contributed by atoms with Crippen LogP contribution in [-0.4, -0.2) is 32.1 Å². The second kappa shape index (κ2) is 9.45. The largest absolute Gasteiger partial charge is 0.481 e. The maximum atomic E-state index is 12.5. The minimum absolute atomic E-state index is 0.0447. The molecule has 3 rings (SSSR count). The summed E-state index contributed by atoms with van der Waals surface area (Å²) in [6.45, 7) is 3.33. The Morgan fingerprint density at radius 3 is 2.59 bits per heavy atom. The minimum atomic E-state index is -0.450. The molecule has 0 heterocycles. The van der Waals surface area contributed by atoms with E-state index < -0.39 is 6.10 Å². The molecule has 0 spiro atoms. The van der Waals surface area contributed by atoms with Gasteiger partial charge in [0.1, 0.15) is 5.75 Å². The number of carbonyl (C=O) groups is 1. The van der Waals surface area contributed by atoms with Gasteiger partial charge in [0.25, 0.3) is 5.91 Å². The van der Waals surface area contributed by atoms with Gasteiger partial charge in [-0.25, -0.2) is 0 Å². The molecule has 0 fully saturated rings. The van der Waals surface area contributed by atoms with Gasteiger partial charge in [-0.3, -0.25) is 4.79 Å². The van der Waals surface area contributed by atoms with Crippen molar-refractivity contribution in [2.24, 2.45) is 0 Å². The topological polar surface area (TPSA) is 41.6 Å². The van der Waals surface area contributed by atoms with Crippen LogP contribution in [0.25, 0.3) is 0 Å². The maximum absolute atomic E-state index is 12.5. The van der Waals surface area contributed by atoms with Crippen LogP contribution >= 0.6 is 0 Å². The number of nitrogens with zero attached hydrogens (tertiary/aromatic N) is 1. The molecule has 0 saturated carbocycles. The molecule has 0 saturated heterocycles. The van der Waals surface area contributed by atoms with Crippen LogP contribution < -0.4 is 15.0 Å². The van der Waals surface area contributed by atoms with E-state index in [-0.39, 0.29) is 5.91 Å². The quantitative estimate of drug-likeness (QED) is 0.768. The van der Waals surface area contributed by atoms with E-state index in [9.17, 15) is 4.79 Å². The van der Waals surface area contributed by atoms with Crippen LogP contribution in [0.15, 0.2) is 48.5 Å². The number of carbonyl (C=O) groups excluding carboxylic acids is 1. The van der Waals surface area contributed by atoms with E-state index in [1.165, 1.54) is 24.0 Å². The first-order chi connectivity index (χ1) is 13.2. The summed E-state index contributed by atoms with van der Waals surface area (Å²) in [5.41, 5.74) is 3.94. The number of nitrogens with one attached hydrogen (secondary N) is 1. The van der Waals surface area contributed by atoms with Crippen LogP contribution in [-0.2, 0) is 17.6 Å². The van der Waals surface area contributed by atoms with Crippen molar-refractivity contribution >= 4 is 11.6 Å². The highest BCUT2D eigenvalue weighted by atomic mass is 16.5. The number of likely N-dealkylation sites (N-methyl/N-ethyl adjacent to an activating group) is 1. The van der Waals surface area contributed by atoms with Crippen molar-refractivity contribution < 1.29 is 9.53 Å². The SMILES string of the molecule is CC[C@@H](Oc1ccc2c(c1)CCCC2)C(=O)NCCN(C)c1ccccc1. The number of benzene rings is 2. The number of amides is 1. The molecule has 2 aromatic carbocycles. The summed E-state index contributed by atoms with van der Waals surface area (Å²) >= 11 is 0. The molecule has 4 nitrogen and oxygen atoms in total. The van der Waals surface area contributed by atoms with Gasteiger partial charge in [0.05, 0.1) is 0 Å². The normalized spacial score (nSPS) is 14.1. The third-order valence-electron chi connectivity index (χ3n) is 5.20. The molecule has 2 aromatic rings. The van der Waals surface area contributed by atoms with E-state index in [4.69, 9.17) is 4.74 Å². The molecule has 0 radical (unpaired) electrons. The number of anilines is 1. The lowest BCUT2D eigenvalue weighted by Gasteiger charge is -2.22. The molecule has 1 atom stereocenters. The van der Waals surface area contributed by atoms with E-state index in [1.807, 2.05) is 38.2 Å². The number of fused-ring (bicyclic) bond motifs is 1. The molecule has 0 aromatic heterocycles. The van der Waals surface area contributed by atoms with E-state index >= 15 is 0 Å². The fraction of sp³-hybridized carbons (Fsp3) is 0.435. The molecule has 27 heavy (non-hydrogen) atoms. The zero-order valence-electron chi connectivity index (χ0n) is 16.4. The van der Waals surface area contributed by atoms with Gasteiger partial charge in [-0.1, -0.05) is 31.2 Å². The molecule has 144 valence electrons. The average Bonchev–Trinajstić information content (AvgIpc) is 2.72. The third kappa shape index (κ3) is 5.25. The summed E-state index contributed by atoms with van der Waals surface area (Å²) < 4.78 is 6.01. The summed E-state index contributed by atoms with van der Waals surface area (Å²) in [5.74, 6) is 0.760. The van der Waals surface area contributed by atoms with Gasteiger partial charge in [-0.05, 0) is 67.5 Å².